The molecular formula is C18H19IN2O2. The highest BCUT2D eigenvalue weighted by Crippen LogP contribution is 2.20. The highest BCUT2D eigenvalue weighted by Gasteiger charge is 2.15. The molecule has 0 atom stereocenters. The Bertz CT molecular complexity index is 684. The molecule has 2 aromatic rings. The maximum atomic E-state index is 12.5. The topological polar surface area (TPSA) is 41.6 Å². The van der Waals surface area contributed by atoms with Gasteiger partial charge in [-0.1, -0.05) is 30.3 Å². The molecule has 1 aliphatic heterocycles. The van der Waals surface area contributed by atoms with Crippen molar-refractivity contribution < 1.29 is 9.53 Å². The van der Waals surface area contributed by atoms with Gasteiger partial charge in [0, 0.05) is 28.9 Å². The molecule has 4 nitrogen and oxygen atoms in total. The Morgan fingerprint density at radius 3 is 2.57 bits per heavy atom. The minimum absolute atomic E-state index is 0.0653. The molecule has 1 fully saturated rings. The summed E-state index contributed by atoms with van der Waals surface area (Å²) in [6, 6.07) is 15.6. The second-order valence-corrected chi connectivity index (χ2v) is 6.64. The molecule has 0 saturated carbocycles. The number of benzene rings is 2. The molecule has 0 radical (unpaired) electrons. The molecule has 120 valence electrons. The number of halogens is 1. The molecule has 1 amide bonds. The SMILES string of the molecule is O=C(Nc1ccccc1CN1CCOCC1)c1ccccc1I. The molecule has 0 bridgehead atoms. The number of para-hydroxylation sites is 1. The normalized spacial score (nSPS) is 15.3. The average Bonchev–Trinajstić information content (AvgIpc) is 2.58. The van der Waals surface area contributed by atoms with Crippen molar-refractivity contribution in [1.29, 1.82) is 0 Å². The van der Waals surface area contributed by atoms with Crippen LogP contribution in [0.2, 0.25) is 0 Å². The summed E-state index contributed by atoms with van der Waals surface area (Å²) in [6.07, 6.45) is 0. The zero-order valence-electron chi connectivity index (χ0n) is 12.8. The standard InChI is InChI=1S/C18H19IN2O2/c19-16-7-3-2-6-15(16)18(22)20-17-8-4-1-5-14(17)13-21-9-11-23-12-10-21/h1-8H,9-13H2,(H,20,22). The van der Waals surface area contributed by atoms with Gasteiger partial charge in [-0.3, -0.25) is 9.69 Å². The first-order valence-electron chi connectivity index (χ1n) is 7.68. The lowest BCUT2D eigenvalue weighted by molar-refractivity contribution is 0.0342. The smallest absolute Gasteiger partial charge is 0.256 e. The Kier molecular flexibility index (Phi) is 5.64. The van der Waals surface area contributed by atoms with Gasteiger partial charge >= 0.3 is 0 Å². The van der Waals surface area contributed by atoms with Gasteiger partial charge in [0.15, 0.2) is 0 Å². The zero-order valence-corrected chi connectivity index (χ0v) is 15.0. The van der Waals surface area contributed by atoms with Gasteiger partial charge in [-0.25, -0.2) is 0 Å². The Morgan fingerprint density at radius 2 is 1.78 bits per heavy atom. The van der Waals surface area contributed by atoms with Gasteiger partial charge in [0.2, 0.25) is 0 Å². The highest BCUT2D eigenvalue weighted by atomic mass is 127. The first-order chi connectivity index (χ1) is 11.2. The summed E-state index contributed by atoms with van der Waals surface area (Å²) in [5, 5.41) is 3.06. The average molecular weight is 422 g/mol. The number of anilines is 1. The summed E-state index contributed by atoms with van der Waals surface area (Å²) >= 11 is 2.19. The molecule has 0 spiro atoms. The van der Waals surface area contributed by atoms with Gasteiger partial charge < -0.3 is 10.1 Å². The van der Waals surface area contributed by atoms with Crippen molar-refractivity contribution >= 4 is 34.2 Å². The van der Waals surface area contributed by atoms with Crippen LogP contribution < -0.4 is 5.32 Å². The number of morpholine rings is 1. The van der Waals surface area contributed by atoms with Crippen LogP contribution in [0.4, 0.5) is 5.69 Å². The number of rotatable bonds is 4. The van der Waals surface area contributed by atoms with Crippen molar-refractivity contribution in [3.05, 3.63) is 63.2 Å². The molecule has 1 aliphatic rings. The van der Waals surface area contributed by atoms with Crippen LogP contribution in [-0.2, 0) is 11.3 Å². The van der Waals surface area contributed by atoms with E-state index in [1.54, 1.807) is 0 Å². The molecule has 1 heterocycles. The number of amides is 1. The first-order valence-corrected chi connectivity index (χ1v) is 8.76. The zero-order chi connectivity index (χ0) is 16.1. The fraction of sp³-hybridized carbons (Fsp3) is 0.278. The van der Waals surface area contributed by atoms with Gasteiger partial charge in [0.1, 0.15) is 0 Å². The maximum Gasteiger partial charge on any atom is 0.256 e. The van der Waals surface area contributed by atoms with E-state index >= 15 is 0 Å². The number of nitrogens with one attached hydrogen (secondary N) is 1. The number of ether oxygens (including phenoxy) is 1. The predicted molar refractivity (Wildman–Crippen MR) is 99.7 cm³/mol. The number of carbonyl (C=O) groups is 1. The van der Waals surface area contributed by atoms with Crippen molar-refractivity contribution in [2.75, 3.05) is 31.6 Å². The Hall–Kier alpha value is -1.44. The number of carbonyl (C=O) groups excluding carboxylic acids is 1. The number of hydrogen-bond acceptors (Lipinski definition) is 3. The summed E-state index contributed by atoms with van der Waals surface area (Å²) in [4.78, 5) is 14.9. The second kappa shape index (κ2) is 7.90. The van der Waals surface area contributed by atoms with Crippen LogP contribution in [0.5, 0.6) is 0 Å². The fourth-order valence-corrected chi connectivity index (χ4v) is 3.25. The molecule has 1 N–H and O–H groups in total. The van der Waals surface area contributed by atoms with Gasteiger partial charge in [0.25, 0.3) is 5.91 Å². The maximum absolute atomic E-state index is 12.5. The minimum Gasteiger partial charge on any atom is -0.379 e. The predicted octanol–water partition coefficient (Wildman–Crippen LogP) is 3.38. The summed E-state index contributed by atoms with van der Waals surface area (Å²) < 4.78 is 6.34. The van der Waals surface area contributed by atoms with Crippen molar-refractivity contribution in [3.63, 3.8) is 0 Å². The van der Waals surface area contributed by atoms with Crippen LogP contribution in [0.3, 0.4) is 0 Å². The van der Waals surface area contributed by atoms with Crippen LogP contribution in [0.1, 0.15) is 15.9 Å². The molecule has 5 heteroatoms. The van der Waals surface area contributed by atoms with Crippen molar-refractivity contribution in [3.8, 4) is 0 Å². The van der Waals surface area contributed by atoms with Crippen molar-refractivity contribution in [1.82, 2.24) is 4.90 Å². The molecule has 0 aliphatic carbocycles. The van der Waals surface area contributed by atoms with E-state index in [4.69, 9.17) is 4.74 Å². The van der Waals surface area contributed by atoms with Crippen LogP contribution in [0, 0.1) is 3.57 Å². The summed E-state index contributed by atoms with van der Waals surface area (Å²) in [5.74, 6) is -0.0653. The van der Waals surface area contributed by atoms with Crippen molar-refractivity contribution in [2.24, 2.45) is 0 Å². The van der Waals surface area contributed by atoms with Gasteiger partial charge in [-0.05, 0) is 46.4 Å². The summed E-state index contributed by atoms with van der Waals surface area (Å²) in [6.45, 7) is 4.23. The monoisotopic (exact) mass is 422 g/mol. The van der Waals surface area contributed by atoms with Gasteiger partial charge in [-0.2, -0.15) is 0 Å². The minimum atomic E-state index is -0.0653. The van der Waals surface area contributed by atoms with Crippen LogP contribution >= 0.6 is 22.6 Å². The van der Waals surface area contributed by atoms with E-state index in [0.717, 1.165) is 47.7 Å². The van der Waals surface area contributed by atoms with Crippen LogP contribution in [0.15, 0.2) is 48.5 Å². The van der Waals surface area contributed by atoms with E-state index in [2.05, 4.69) is 38.9 Å². The molecule has 23 heavy (non-hydrogen) atoms. The Labute approximate surface area is 150 Å². The summed E-state index contributed by atoms with van der Waals surface area (Å²) in [7, 11) is 0. The quantitative estimate of drug-likeness (QED) is 0.769. The van der Waals surface area contributed by atoms with Crippen molar-refractivity contribution in [2.45, 2.75) is 6.54 Å². The molecule has 1 saturated heterocycles. The van der Waals surface area contributed by atoms with E-state index in [0.29, 0.717) is 5.56 Å². The third-order valence-corrected chi connectivity index (χ3v) is 4.82. The van der Waals surface area contributed by atoms with Gasteiger partial charge in [0.05, 0.1) is 18.8 Å². The second-order valence-electron chi connectivity index (χ2n) is 5.48. The molecule has 0 unspecified atom stereocenters. The molecular weight excluding hydrogens is 403 g/mol. The summed E-state index contributed by atoms with van der Waals surface area (Å²) in [5.41, 5.74) is 2.71. The van der Waals surface area contributed by atoms with E-state index in [1.165, 1.54) is 0 Å². The van der Waals surface area contributed by atoms with E-state index in [-0.39, 0.29) is 5.91 Å². The third kappa shape index (κ3) is 4.31. The van der Waals surface area contributed by atoms with Gasteiger partial charge in [-0.15, -0.1) is 0 Å². The number of hydrogen-bond donors (Lipinski definition) is 1. The fourth-order valence-electron chi connectivity index (χ4n) is 2.62. The highest BCUT2D eigenvalue weighted by molar-refractivity contribution is 14.1. The molecule has 2 aromatic carbocycles. The number of nitrogens with zero attached hydrogens (tertiary/aromatic N) is 1. The van der Waals surface area contributed by atoms with Crippen LogP contribution in [0.25, 0.3) is 0 Å². The largest absolute Gasteiger partial charge is 0.379 e. The Morgan fingerprint density at radius 1 is 1.09 bits per heavy atom. The third-order valence-electron chi connectivity index (χ3n) is 3.88. The molecule has 3 rings (SSSR count). The lowest BCUT2D eigenvalue weighted by Crippen LogP contribution is -2.35. The van der Waals surface area contributed by atoms with Crippen LogP contribution in [-0.4, -0.2) is 37.1 Å². The van der Waals surface area contributed by atoms with E-state index in [1.807, 2.05) is 42.5 Å². The van der Waals surface area contributed by atoms with E-state index in [9.17, 15) is 4.79 Å². The molecule has 0 aromatic heterocycles. The lowest BCUT2D eigenvalue weighted by atomic mass is 10.1. The Balaban J connectivity index is 1.75. The lowest BCUT2D eigenvalue weighted by Gasteiger charge is -2.27. The first kappa shape index (κ1) is 16.4. The van der Waals surface area contributed by atoms with E-state index < -0.39 is 0 Å².